The second-order valence-electron chi connectivity index (χ2n) is 4.64. The Morgan fingerprint density at radius 1 is 1.53 bits per heavy atom. The maximum atomic E-state index is 5.88. The maximum Gasteiger partial charge on any atom is 0.213 e. The molecule has 1 saturated heterocycles. The number of ether oxygens (including phenoxy) is 1. The van der Waals surface area contributed by atoms with Crippen LogP contribution in [0.4, 0.5) is 0 Å². The highest BCUT2D eigenvalue weighted by molar-refractivity contribution is 5.17. The predicted octanol–water partition coefficient (Wildman–Crippen LogP) is 1.40. The average Bonchev–Trinajstić information content (AvgIpc) is 2.74. The van der Waals surface area contributed by atoms with Crippen molar-refractivity contribution in [1.82, 2.24) is 9.88 Å². The lowest BCUT2D eigenvalue weighted by atomic mass is 10.2. The van der Waals surface area contributed by atoms with E-state index in [4.69, 9.17) is 10.5 Å². The first-order chi connectivity index (χ1) is 8.28. The lowest BCUT2D eigenvalue weighted by Crippen LogP contribution is -2.26. The van der Waals surface area contributed by atoms with Crippen molar-refractivity contribution in [3.8, 4) is 5.88 Å². The number of pyridine rings is 1. The van der Waals surface area contributed by atoms with Crippen molar-refractivity contribution in [2.24, 2.45) is 5.73 Å². The first kappa shape index (κ1) is 12.3. The molecule has 1 aliphatic heterocycles. The van der Waals surface area contributed by atoms with E-state index in [1.54, 1.807) is 0 Å². The summed E-state index contributed by atoms with van der Waals surface area (Å²) in [7, 11) is 0. The number of hydrogen-bond donors (Lipinski definition) is 1. The molecule has 0 unspecified atom stereocenters. The van der Waals surface area contributed by atoms with Crippen LogP contribution < -0.4 is 10.5 Å². The van der Waals surface area contributed by atoms with Crippen LogP contribution in [0.3, 0.4) is 0 Å². The van der Waals surface area contributed by atoms with Gasteiger partial charge >= 0.3 is 0 Å². The summed E-state index contributed by atoms with van der Waals surface area (Å²) in [6, 6.07) is 4.37. The van der Waals surface area contributed by atoms with Crippen molar-refractivity contribution < 1.29 is 4.74 Å². The number of aromatic nitrogens is 1. The van der Waals surface area contributed by atoms with Gasteiger partial charge in [-0.05, 0) is 18.4 Å². The van der Waals surface area contributed by atoms with Crippen LogP contribution >= 0.6 is 0 Å². The minimum atomic E-state index is 0.343. The van der Waals surface area contributed by atoms with Gasteiger partial charge in [-0.2, -0.15) is 0 Å². The Hall–Kier alpha value is -1.13. The molecule has 4 nitrogen and oxygen atoms in total. The van der Waals surface area contributed by atoms with Gasteiger partial charge in [0.25, 0.3) is 0 Å². The van der Waals surface area contributed by atoms with Gasteiger partial charge in [0.2, 0.25) is 5.88 Å². The molecule has 1 atom stereocenters. The van der Waals surface area contributed by atoms with Crippen LogP contribution in [0.2, 0.25) is 0 Å². The largest absolute Gasteiger partial charge is 0.478 e. The fourth-order valence-electron chi connectivity index (χ4n) is 2.06. The van der Waals surface area contributed by atoms with Crippen molar-refractivity contribution in [2.75, 3.05) is 19.7 Å². The van der Waals surface area contributed by atoms with E-state index in [1.165, 1.54) is 5.56 Å². The van der Waals surface area contributed by atoms with Gasteiger partial charge in [-0.3, -0.25) is 4.90 Å². The third kappa shape index (κ3) is 3.68. The van der Waals surface area contributed by atoms with Crippen LogP contribution in [0.15, 0.2) is 18.3 Å². The van der Waals surface area contributed by atoms with E-state index in [9.17, 15) is 0 Å². The second kappa shape index (κ2) is 5.98. The third-order valence-electron chi connectivity index (χ3n) is 2.97. The van der Waals surface area contributed by atoms with Gasteiger partial charge in [0.1, 0.15) is 0 Å². The zero-order chi connectivity index (χ0) is 12.1. The summed E-state index contributed by atoms with van der Waals surface area (Å²) in [6.45, 7) is 5.84. The summed E-state index contributed by atoms with van der Waals surface area (Å²) in [5.74, 6) is 0.716. The zero-order valence-electron chi connectivity index (χ0n) is 10.4. The number of rotatable bonds is 5. The lowest BCUT2D eigenvalue weighted by Gasteiger charge is -2.14. The summed E-state index contributed by atoms with van der Waals surface area (Å²) in [5.41, 5.74) is 7.11. The van der Waals surface area contributed by atoms with Gasteiger partial charge in [-0.15, -0.1) is 0 Å². The molecule has 0 radical (unpaired) electrons. The van der Waals surface area contributed by atoms with Gasteiger partial charge in [0.05, 0.1) is 6.61 Å². The van der Waals surface area contributed by atoms with Gasteiger partial charge in [0, 0.05) is 37.9 Å². The van der Waals surface area contributed by atoms with Crippen molar-refractivity contribution in [3.05, 3.63) is 23.9 Å². The summed E-state index contributed by atoms with van der Waals surface area (Å²) in [5, 5.41) is 0. The highest BCUT2D eigenvalue weighted by atomic mass is 16.5. The molecule has 1 aliphatic rings. The van der Waals surface area contributed by atoms with Gasteiger partial charge in [0.15, 0.2) is 0 Å². The Bertz CT molecular complexity index is 339. The highest BCUT2D eigenvalue weighted by Crippen LogP contribution is 2.13. The fraction of sp³-hybridized carbons (Fsp3) is 0.615. The molecule has 17 heavy (non-hydrogen) atoms. The lowest BCUT2D eigenvalue weighted by molar-refractivity contribution is 0.303. The molecule has 0 saturated carbocycles. The number of nitrogens with zero attached hydrogens (tertiary/aromatic N) is 2. The molecule has 2 N–H and O–H groups in total. The third-order valence-corrected chi connectivity index (χ3v) is 2.97. The van der Waals surface area contributed by atoms with Gasteiger partial charge in [-0.25, -0.2) is 4.98 Å². The van der Waals surface area contributed by atoms with Gasteiger partial charge in [-0.1, -0.05) is 13.0 Å². The Morgan fingerprint density at radius 3 is 3.00 bits per heavy atom. The van der Waals surface area contributed by atoms with Crippen LogP contribution in [0.25, 0.3) is 0 Å². The molecule has 4 heteroatoms. The normalized spacial score (nSPS) is 20.7. The van der Waals surface area contributed by atoms with Crippen molar-refractivity contribution in [3.63, 3.8) is 0 Å². The number of likely N-dealkylation sites (tertiary alicyclic amines) is 1. The SMILES string of the molecule is CCCOc1ccc(CN2CC[C@@H](N)C2)cn1. The number of hydrogen-bond acceptors (Lipinski definition) is 4. The quantitative estimate of drug-likeness (QED) is 0.838. The van der Waals surface area contributed by atoms with Crippen LogP contribution in [0.1, 0.15) is 25.3 Å². The molecule has 2 heterocycles. The summed E-state index contributed by atoms with van der Waals surface area (Å²) in [6.07, 6.45) is 4.01. The molecule has 0 bridgehead atoms. The zero-order valence-corrected chi connectivity index (χ0v) is 10.4. The van der Waals surface area contributed by atoms with E-state index in [1.807, 2.05) is 12.3 Å². The van der Waals surface area contributed by atoms with Crippen molar-refractivity contribution >= 4 is 0 Å². The molecule has 94 valence electrons. The summed E-state index contributed by atoms with van der Waals surface area (Å²) < 4.78 is 5.45. The second-order valence-corrected chi connectivity index (χ2v) is 4.64. The van der Waals surface area contributed by atoms with Gasteiger partial charge < -0.3 is 10.5 Å². The van der Waals surface area contributed by atoms with Crippen LogP contribution in [0, 0.1) is 0 Å². The predicted molar refractivity (Wildman–Crippen MR) is 67.9 cm³/mol. The summed E-state index contributed by atoms with van der Waals surface area (Å²) >= 11 is 0. The molecule has 0 spiro atoms. The van der Waals surface area contributed by atoms with Crippen LogP contribution in [0.5, 0.6) is 5.88 Å². The van der Waals surface area contributed by atoms with E-state index in [-0.39, 0.29) is 0 Å². The maximum absolute atomic E-state index is 5.88. The van der Waals surface area contributed by atoms with Crippen molar-refractivity contribution in [2.45, 2.75) is 32.4 Å². The molecule has 1 fully saturated rings. The van der Waals surface area contributed by atoms with Crippen LogP contribution in [-0.4, -0.2) is 35.6 Å². The smallest absolute Gasteiger partial charge is 0.213 e. The Kier molecular flexibility index (Phi) is 4.34. The fourth-order valence-corrected chi connectivity index (χ4v) is 2.06. The van der Waals surface area contributed by atoms with Crippen LogP contribution in [-0.2, 0) is 6.54 Å². The topological polar surface area (TPSA) is 51.4 Å². The first-order valence-corrected chi connectivity index (χ1v) is 6.33. The minimum absolute atomic E-state index is 0.343. The van der Waals surface area contributed by atoms with E-state index in [0.29, 0.717) is 11.9 Å². The molecule has 0 aliphatic carbocycles. The Balaban J connectivity index is 1.85. The van der Waals surface area contributed by atoms with E-state index in [0.717, 1.165) is 39.1 Å². The average molecular weight is 235 g/mol. The van der Waals surface area contributed by atoms with Crippen molar-refractivity contribution in [1.29, 1.82) is 0 Å². The summed E-state index contributed by atoms with van der Waals surface area (Å²) in [4.78, 5) is 6.67. The Morgan fingerprint density at radius 2 is 2.41 bits per heavy atom. The molecular weight excluding hydrogens is 214 g/mol. The molecule has 2 rings (SSSR count). The van der Waals surface area contributed by atoms with E-state index < -0.39 is 0 Å². The molecule has 1 aromatic heterocycles. The van der Waals surface area contributed by atoms with E-state index in [2.05, 4.69) is 22.9 Å². The van der Waals surface area contributed by atoms with E-state index >= 15 is 0 Å². The molecule has 1 aromatic rings. The Labute approximate surface area is 103 Å². The molecular formula is C13H21N3O. The first-order valence-electron chi connectivity index (χ1n) is 6.33. The standard InChI is InChI=1S/C13H21N3O/c1-2-7-17-13-4-3-11(8-15-13)9-16-6-5-12(14)10-16/h3-4,8,12H,2,5-7,9-10,14H2,1H3/t12-/m1/s1. The molecule has 0 amide bonds. The minimum Gasteiger partial charge on any atom is -0.478 e. The number of nitrogens with two attached hydrogens (primary N) is 1. The molecule has 0 aromatic carbocycles. The monoisotopic (exact) mass is 235 g/mol. The highest BCUT2D eigenvalue weighted by Gasteiger charge is 2.18.